The predicted octanol–water partition coefficient (Wildman–Crippen LogP) is 4.58. The molecule has 1 saturated heterocycles. The van der Waals surface area contributed by atoms with Crippen LogP contribution in [0, 0.1) is 0 Å². The maximum absolute atomic E-state index is 3.72. The Balaban J connectivity index is 2.14. The zero-order valence-corrected chi connectivity index (χ0v) is 13.1. The molecule has 1 aliphatic heterocycles. The Morgan fingerprint density at radius 2 is 2.21 bits per heavy atom. The quantitative estimate of drug-likeness (QED) is 0.817. The van der Waals surface area contributed by atoms with Gasteiger partial charge in [-0.05, 0) is 42.7 Å². The van der Waals surface area contributed by atoms with E-state index >= 15 is 0 Å². The third kappa shape index (κ3) is 4.25. The molecule has 2 unspecified atom stereocenters. The van der Waals surface area contributed by atoms with Crippen molar-refractivity contribution in [3.05, 3.63) is 35.4 Å². The molecule has 1 nitrogen and oxygen atoms in total. The van der Waals surface area contributed by atoms with Crippen molar-refractivity contribution in [3.63, 3.8) is 0 Å². The second-order valence-corrected chi connectivity index (χ2v) is 6.78. The van der Waals surface area contributed by atoms with Crippen LogP contribution in [0.25, 0.3) is 0 Å². The summed E-state index contributed by atoms with van der Waals surface area (Å²) in [5.41, 5.74) is 2.98. The maximum atomic E-state index is 3.72. The monoisotopic (exact) mass is 277 g/mol. The van der Waals surface area contributed by atoms with Crippen molar-refractivity contribution >= 4 is 11.8 Å². The summed E-state index contributed by atoms with van der Waals surface area (Å²) in [5, 5.41) is 4.47. The molecule has 0 aromatic heterocycles. The van der Waals surface area contributed by atoms with Gasteiger partial charge in [0.05, 0.1) is 0 Å². The molecule has 0 aliphatic carbocycles. The lowest BCUT2D eigenvalue weighted by atomic mass is 9.96. The van der Waals surface area contributed by atoms with E-state index in [0.29, 0.717) is 6.04 Å². The van der Waals surface area contributed by atoms with Gasteiger partial charge in [0, 0.05) is 11.3 Å². The zero-order chi connectivity index (χ0) is 13.5. The van der Waals surface area contributed by atoms with Crippen LogP contribution < -0.4 is 5.32 Å². The summed E-state index contributed by atoms with van der Waals surface area (Å²) in [6, 6.07) is 9.77. The van der Waals surface area contributed by atoms with Gasteiger partial charge in [-0.1, -0.05) is 51.0 Å². The van der Waals surface area contributed by atoms with E-state index in [-0.39, 0.29) is 0 Å². The van der Waals surface area contributed by atoms with Gasteiger partial charge in [-0.25, -0.2) is 0 Å². The van der Waals surface area contributed by atoms with Gasteiger partial charge in [0.15, 0.2) is 0 Å². The number of rotatable bonds is 6. The molecule has 0 saturated carbocycles. The lowest BCUT2D eigenvalue weighted by molar-refractivity contribution is 0.491. The Bertz CT molecular complexity index is 371. The summed E-state index contributed by atoms with van der Waals surface area (Å²) in [6.07, 6.45) is 6.59. The third-order valence-electron chi connectivity index (χ3n) is 3.86. The fraction of sp³-hybridized carbons (Fsp3) is 0.647. The highest BCUT2D eigenvalue weighted by atomic mass is 32.2. The van der Waals surface area contributed by atoms with Crippen LogP contribution in [0.2, 0.25) is 0 Å². The van der Waals surface area contributed by atoms with Crippen molar-refractivity contribution < 1.29 is 0 Å². The molecule has 106 valence electrons. The molecule has 1 heterocycles. The normalized spacial score (nSPS) is 21.3. The summed E-state index contributed by atoms with van der Waals surface area (Å²) < 4.78 is 0. The first-order valence-electron chi connectivity index (χ1n) is 7.79. The first-order valence-corrected chi connectivity index (χ1v) is 8.83. The van der Waals surface area contributed by atoms with Gasteiger partial charge < -0.3 is 5.32 Å². The van der Waals surface area contributed by atoms with Crippen LogP contribution in [0.15, 0.2) is 24.3 Å². The van der Waals surface area contributed by atoms with Gasteiger partial charge >= 0.3 is 0 Å². The summed E-state index contributed by atoms with van der Waals surface area (Å²) in [5.74, 6) is 1.33. The molecule has 1 aromatic carbocycles. The highest BCUT2D eigenvalue weighted by molar-refractivity contribution is 8.00. The number of aryl methyl sites for hydroxylation is 1. The minimum atomic E-state index is 0.534. The Hall–Kier alpha value is -0.470. The molecule has 1 aromatic rings. The molecule has 2 rings (SSSR count). The van der Waals surface area contributed by atoms with Gasteiger partial charge in [0.25, 0.3) is 0 Å². The van der Waals surface area contributed by atoms with E-state index in [2.05, 4.69) is 55.2 Å². The molecule has 1 N–H and O–H groups in total. The molecule has 1 aliphatic rings. The highest BCUT2D eigenvalue weighted by Crippen LogP contribution is 2.35. The molecule has 0 bridgehead atoms. The van der Waals surface area contributed by atoms with Crippen LogP contribution >= 0.6 is 11.8 Å². The van der Waals surface area contributed by atoms with Crippen molar-refractivity contribution in [3.8, 4) is 0 Å². The summed E-state index contributed by atoms with van der Waals surface area (Å²) in [7, 11) is 0. The minimum absolute atomic E-state index is 0.534. The molecule has 0 spiro atoms. The Morgan fingerprint density at radius 3 is 2.89 bits per heavy atom. The Labute approximate surface area is 122 Å². The van der Waals surface area contributed by atoms with E-state index in [1.807, 2.05) is 0 Å². The second-order valence-electron chi connectivity index (χ2n) is 5.44. The van der Waals surface area contributed by atoms with Gasteiger partial charge in [-0.2, -0.15) is 11.8 Å². The van der Waals surface area contributed by atoms with Gasteiger partial charge in [0.2, 0.25) is 0 Å². The van der Waals surface area contributed by atoms with Crippen LogP contribution in [0.3, 0.4) is 0 Å². The second kappa shape index (κ2) is 7.96. The molecular formula is C17H27NS. The third-order valence-corrected chi connectivity index (χ3v) is 5.32. The van der Waals surface area contributed by atoms with Crippen LogP contribution in [0.1, 0.15) is 56.7 Å². The molecule has 2 atom stereocenters. The largest absolute Gasteiger partial charge is 0.309 e. The average Bonchev–Trinajstić information content (AvgIpc) is 2.46. The number of thioether (sulfide) groups is 1. The van der Waals surface area contributed by atoms with Crippen LogP contribution in [-0.4, -0.2) is 17.5 Å². The van der Waals surface area contributed by atoms with Crippen molar-refractivity contribution in [2.45, 2.75) is 57.2 Å². The van der Waals surface area contributed by atoms with E-state index in [1.165, 1.54) is 49.0 Å². The summed E-state index contributed by atoms with van der Waals surface area (Å²) in [4.78, 5) is 0. The van der Waals surface area contributed by atoms with Crippen molar-refractivity contribution in [1.82, 2.24) is 5.32 Å². The van der Waals surface area contributed by atoms with Crippen LogP contribution in [-0.2, 0) is 6.42 Å². The summed E-state index contributed by atoms with van der Waals surface area (Å²) in [6.45, 7) is 5.53. The lowest BCUT2D eigenvalue weighted by Crippen LogP contribution is -2.31. The SMILES string of the molecule is CCCc1cccc(C(NCC)C2CCCCS2)c1. The Kier molecular flexibility index (Phi) is 6.25. The van der Waals surface area contributed by atoms with Gasteiger partial charge in [-0.3, -0.25) is 0 Å². The standard InChI is InChI=1S/C17H27NS/c1-3-8-14-9-7-10-15(13-14)17(18-4-2)16-11-5-6-12-19-16/h7,9-10,13,16-18H,3-6,8,11-12H2,1-2H3. The van der Waals surface area contributed by atoms with E-state index in [1.54, 1.807) is 0 Å². The molecular weight excluding hydrogens is 250 g/mol. The smallest absolute Gasteiger partial charge is 0.0440 e. The first kappa shape index (κ1) is 14.9. The Morgan fingerprint density at radius 1 is 1.32 bits per heavy atom. The molecule has 1 fully saturated rings. The number of hydrogen-bond acceptors (Lipinski definition) is 2. The van der Waals surface area contributed by atoms with Crippen LogP contribution in [0.4, 0.5) is 0 Å². The average molecular weight is 277 g/mol. The van der Waals surface area contributed by atoms with Gasteiger partial charge in [0.1, 0.15) is 0 Å². The number of benzene rings is 1. The van der Waals surface area contributed by atoms with Crippen LogP contribution in [0.5, 0.6) is 0 Å². The molecule has 0 amide bonds. The summed E-state index contributed by atoms with van der Waals surface area (Å²) >= 11 is 2.16. The number of nitrogens with one attached hydrogen (secondary N) is 1. The van der Waals surface area contributed by atoms with Crippen molar-refractivity contribution in [2.24, 2.45) is 0 Å². The van der Waals surface area contributed by atoms with E-state index in [0.717, 1.165) is 11.8 Å². The fourth-order valence-electron chi connectivity index (χ4n) is 2.94. The highest BCUT2D eigenvalue weighted by Gasteiger charge is 2.24. The van der Waals surface area contributed by atoms with Crippen molar-refractivity contribution in [2.75, 3.05) is 12.3 Å². The van der Waals surface area contributed by atoms with E-state index in [4.69, 9.17) is 0 Å². The lowest BCUT2D eigenvalue weighted by Gasteiger charge is -2.31. The predicted molar refractivity (Wildman–Crippen MR) is 87.0 cm³/mol. The van der Waals surface area contributed by atoms with E-state index in [9.17, 15) is 0 Å². The van der Waals surface area contributed by atoms with Gasteiger partial charge in [-0.15, -0.1) is 0 Å². The first-order chi connectivity index (χ1) is 9.35. The molecule has 0 radical (unpaired) electrons. The molecule has 19 heavy (non-hydrogen) atoms. The minimum Gasteiger partial charge on any atom is -0.309 e. The number of hydrogen-bond donors (Lipinski definition) is 1. The fourth-order valence-corrected chi connectivity index (χ4v) is 4.40. The maximum Gasteiger partial charge on any atom is 0.0440 e. The zero-order valence-electron chi connectivity index (χ0n) is 12.3. The van der Waals surface area contributed by atoms with Crippen molar-refractivity contribution in [1.29, 1.82) is 0 Å². The molecule has 2 heteroatoms. The van der Waals surface area contributed by atoms with E-state index < -0.39 is 0 Å². The topological polar surface area (TPSA) is 12.0 Å².